The van der Waals surface area contributed by atoms with Gasteiger partial charge in [-0.1, -0.05) is 23.8 Å². The summed E-state index contributed by atoms with van der Waals surface area (Å²) in [4.78, 5) is 12.3. The van der Waals surface area contributed by atoms with Crippen molar-refractivity contribution in [3.63, 3.8) is 0 Å². The minimum absolute atomic E-state index is 0.251. The molecular weight excluding hydrogens is 304 g/mol. The maximum Gasteiger partial charge on any atom is 0.319 e. The van der Waals surface area contributed by atoms with Gasteiger partial charge in [-0.2, -0.15) is 0 Å². The largest absolute Gasteiger partial charge is 0.486 e. The van der Waals surface area contributed by atoms with Crippen LogP contribution in [0.1, 0.15) is 25.0 Å². The van der Waals surface area contributed by atoms with Crippen LogP contribution in [0, 0.1) is 6.92 Å². The maximum atomic E-state index is 12.3. The topological polar surface area (TPSA) is 59.6 Å². The zero-order chi connectivity index (χ0) is 17.2. The molecule has 0 saturated heterocycles. The highest BCUT2D eigenvalue weighted by Crippen LogP contribution is 2.34. The van der Waals surface area contributed by atoms with E-state index in [9.17, 15) is 4.79 Å². The molecular formula is C19H22N2O3. The number of carbonyl (C=O) groups is 1. The molecule has 5 nitrogen and oxygen atoms in total. The van der Waals surface area contributed by atoms with Gasteiger partial charge in [0.2, 0.25) is 0 Å². The summed E-state index contributed by atoms with van der Waals surface area (Å²) in [5.41, 5.74) is 2.31. The molecule has 1 heterocycles. The first-order chi connectivity index (χ1) is 11.4. The number of anilines is 1. The Hall–Kier alpha value is -2.69. The molecule has 0 saturated carbocycles. The molecule has 126 valence electrons. The Balaban J connectivity index is 1.70. The van der Waals surface area contributed by atoms with Crippen LogP contribution in [0.2, 0.25) is 0 Å². The molecule has 0 unspecified atom stereocenters. The Morgan fingerprint density at radius 1 is 1.00 bits per heavy atom. The predicted octanol–water partition coefficient (Wildman–Crippen LogP) is 3.82. The lowest BCUT2D eigenvalue weighted by atomic mass is 9.94. The second-order valence-electron chi connectivity index (χ2n) is 6.43. The van der Waals surface area contributed by atoms with Crippen molar-refractivity contribution < 1.29 is 14.3 Å². The van der Waals surface area contributed by atoms with E-state index in [-0.39, 0.29) is 6.03 Å². The third-order valence-electron chi connectivity index (χ3n) is 4.00. The van der Waals surface area contributed by atoms with Crippen LogP contribution in [0.25, 0.3) is 0 Å². The van der Waals surface area contributed by atoms with Crippen LogP contribution in [0.5, 0.6) is 11.5 Å². The number of fused-ring (bicyclic) bond motifs is 1. The van der Waals surface area contributed by atoms with Gasteiger partial charge in [0.25, 0.3) is 0 Å². The number of ether oxygens (including phenoxy) is 2. The molecule has 0 atom stereocenters. The lowest BCUT2D eigenvalue weighted by Crippen LogP contribution is -2.43. The molecule has 2 N–H and O–H groups in total. The maximum absolute atomic E-state index is 12.3. The van der Waals surface area contributed by atoms with Gasteiger partial charge < -0.3 is 20.1 Å². The van der Waals surface area contributed by atoms with E-state index in [0.29, 0.717) is 19.0 Å². The van der Waals surface area contributed by atoms with E-state index in [1.54, 1.807) is 0 Å². The van der Waals surface area contributed by atoms with Gasteiger partial charge in [0.15, 0.2) is 11.5 Å². The van der Waals surface area contributed by atoms with Crippen molar-refractivity contribution in [1.82, 2.24) is 5.32 Å². The van der Waals surface area contributed by atoms with Gasteiger partial charge in [0, 0.05) is 5.69 Å². The summed E-state index contributed by atoms with van der Waals surface area (Å²) in [5, 5.41) is 5.85. The van der Waals surface area contributed by atoms with E-state index in [4.69, 9.17) is 9.47 Å². The van der Waals surface area contributed by atoms with Crippen molar-refractivity contribution in [2.75, 3.05) is 18.5 Å². The Labute approximate surface area is 142 Å². The number of hydrogen-bond acceptors (Lipinski definition) is 3. The smallest absolute Gasteiger partial charge is 0.319 e. The molecule has 2 aromatic carbocycles. The van der Waals surface area contributed by atoms with Gasteiger partial charge in [-0.3, -0.25) is 0 Å². The lowest BCUT2D eigenvalue weighted by molar-refractivity contribution is 0.171. The monoisotopic (exact) mass is 326 g/mol. The highest BCUT2D eigenvalue weighted by molar-refractivity contribution is 5.89. The van der Waals surface area contributed by atoms with E-state index in [2.05, 4.69) is 10.6 Å². The van der Waals surface area contributed by atoms with Gasteiger partial charge in [-0.25, -0.2) is 4.79 Å². The van der Waals surface area contributed by atoms with Crippen molar-refractivity contribution in [2.24, 2.45) is 0 Å². The number of benzene rings is 2. The fraction of sp³-hybridized carbons (Fsp3) is 0.316. The van der Waals surface area contributed by atoms with Crippen molar-refractivity contribution >= 4 is 11.7 Å². The van der Waals surface area contributed by atoms with E-state index < -0.39 is 5.54 Å². The van der Waals surface area contributed by atoms with Crippen molar-refractivity contribution in [3.05, 3.63) is 53.6 Å². The van der Waals surface area contributed by atoms with E-state index >= 15 is 0 Å². The second-order valence-corrected chi connectivity index (χ2v) is 6.43. The van der Waals surface area contributed by atoms with Crippen molar-refractivity contribution in [1.29, 1.82) is 0 Å². The Morgan fingerprint density at radius 2 is 1.67 bits per heavy atom. The molecule has 1 aliphatic rings. The zero-order valence-electron chi connectivity index (χ0n) is 14.2. The van der Waals surface area contributed by atoms with Crippen LogP contribution in [-0.2, 0) is 5.54 Å². The second kappa shape index (κ2) is 6.43. The van der Waals surface area contributed by atoms with E-state index in [1.807, 2.05) is 63.2 Å². The summed E-state index contributed by atoms with van der Waals surface area (Å²) in [6, 6.07) is 13.2. The number of nitrogens with one attached hydrogen (secondary N) is 2. The molecule has 0 aromatic heterocycles. The minimum atomic E-state index is -0.551. The molecule has 0 aliphatic carbocycles. The van der Waals surface area contributed by atoms with Gasteiger partial charge in [0.1, 0.15) is 13.2 Å². The molecule has 0 bridgehead atoms. The summed E-state index contributed by atoms with van der Waals surface area (Å²) < 4.78 is 11.2. The number of rotatable bonds is 3. The standard InChI is InChI=1S/C19H22N2O3/c1-13-4-7-15(8-5-13)20-18(22)21-19(2,3)14-6-9-16-17(12-14)24-11-10-23-16/h4-9,12H,10-11H2,1-3H3,(H2,20,21,22). The van der Waals surface area contributed by atoms with Crippen molar-refractivity contribution in [3.8, 4) is 11.5 Å². The van der Waals surface area contributed by atoms with Crippen LogP contribution >= 0.6 is 0 Å². The number of aryl methyl sites for hydroxylation is 1. The Morgan fingerprint density at radius 3 is 2.38 bits per heavy atom. The van der Waals surface area contributed by atoms with Crippen LogP contribution in [0.3, 0.4) is 0 Å². The average molecular weight is 326 g/mol. The summed E-state index contributed by atoms with van der Waals surface area (Å²) in [7, 11) is 0. The number of amides is 2. The summed E-state index contributed by atoms with van der Waals surface area (Å²) in [6.07, 6.45) is 0. The highest BCUT2D eigenvalue weighted by Gasteiger charge is 2.25. The third kappa shape index (κ3) is 3.62. The number of hydrogen-bond donors (Lipinski definition) is 2. The van der Waals surface area contributed by atoms with Gasteiger partial charge >= 0.3 is 6.03 Å². The van der Waals surface area contributed by atoms with Crippen molar-refractivity contribution in [2.45, 2.75) is 26.3 Å². The summed E-state index contributed by atoms with van der Waals surface area (Å²) in [5.74, 6) is 1.46. The minimum Gasteiger partial charge on any atom is -0.486 e. The van der Waals surface area contributed by atoms with Gasteiger partial charge in [-0.15, -0.1) is 0 Å². The van der Waals surface area contributed by atoms with Crippen LogP contribution in [-0.4, -0.2) is 19.2 Å². The summed E-state index contributed by atoms with van der Waals surface area (Å²) >= 11 is 0. The molecule has 2 aromatic rings. The first-order valence-corrected chi connectivity index (χ1v) is 8.00. The SMILES string of the molecule is Cc1ccc(NC(=O)NC(C)(C)c2ccc3c(c2)OCCO3)cc1. The van der Waals surface area contributed by atoms with Crippen LogP contribution in [0.15, 0.2) is 42.5 Å². The fourth-order valence-corrected chi connectivity index (χ4v) is 2.59. The molecule has 0 spiro atoms. The molecule has 0 fully saturated rings. The zero-order valence-corrected chi connectivity index (χ0v) is 14.2. The number of urea groups is 1. The normalized spacial score (nSPS) is 13.3. The highest BCUT2D eigenvalue weighted by atomic mass is 16.6. The molecule has 5 heteroatoms. The average Bonchev–Trinajstić information content (AvgIpc) is 2.56. The number of carbonyl (C=O) groups excluding carboxylic acids is 1. The lowest BCUT2D eigenvalue weighted by Gasteiger charge is -2.28. The first kappa shape index (κ1) is 16.2. The molecule has 3 rings (SSSR count). The Kier molecular flexibility index (Phi) is 4.34. The van der Waals surface area contributed by atoms with Gasteiger partial charge in [-0.05, 0) is 50.6 Å². The van der Waals surface area contributed by atoms with Crippen LogP contribution in [0.4, 0.5) is 10.5 Å². The first-order valence-electron chi connectivity index (χ1n) is 8.00. The van der Waals surface area contributed by atoms with E-state index in [1.165, 1.54) is 0 Å². The summed E-state index contributed by atoms with van der Waals surface area (Å²) in [6.45, 7) is 7.01. The third-order valence-corrected chi connectivity index (χ3v) is 4.00. The fourth-order valence-electron chi connectivity index (χ4n) is 2.59. The predicted molar refractivity (Wildman–Crippen MR) is 93.8 cm³/mol. The Bertz CT molecular complexity index is 739. The van der Waals surface area contributed by atoms with Gasteiger partial charge in [0.05, 0.1) is 5.54 Å². The van der Waals surface area contributed by atoms with Crippen LogP contribution < -0.4 is 20.1 Å². The van der Waals surface area contributed by atoms with E-state index in [0.717, 1.165) is 22.6 Å². The molecule has 2 amide bonds. The quantitative estimate of drug-likeness (QED) is 0.901. The molecule has 1 aliphatic heterocycles. The molecule has 0 radical (unpaired) electrons. The molecule has 24 heavy (non-hydrogen) atoms.